The van der Waals surface area contributed by atoms with Crippen LogP contribution in [0, 0.1) is 0 Å². The Morgan fingerprint density at radius 3 is 2.71 bits per heavy atom. The second-order valence-corrected chi connectivity index (χ2v) is 5.16. The lowest BCUT2D eigenvalue weighted by Crippen LogP contribution is -2.23. The molecule has 0 aromatic heterocycles. The number of rotatable bonds is 4. The lowest BCUT2D eigenvalue weighted by atomic mass is 10.0. The smallest absolute Gasteiger partial charge is 0.271 e. The molecule has 1 aliphatic rings. The van der Waals surface area contributed by atoms with Crippen LogP contribution in [0.15, 0.2) is 47.6 Å². The van der Waals surface area contributed by atoms with Crippen molar-refractivity contribution in [3.8, 4) is 17.2 Å². The Hall–Kier alpha value is -3.02. The van der Waals surface area contributed by atoms with Gasteiger partial charge in [-0.2, -0.15) is 5.10 Å². The van der Waals surface area contributed by atoms with Crippen molar-refractivity contribution in [1.29, 1.82) is 0 Å². The monoisotopic (exact) mass is 326 g/mol. The molecule has 1 aliphatic heterocycles. The summed E-state index contributed by atoms with van der Waals surface area (Å²) < 4.78 is 16.0. The van der Waals surface area contributed by atoms with Gasteiger partial charge in [0.1, 0.15) is 5.75 Å². The Balaban J connectivity index is 1.79. The second kappa shape index (κ2) is 7.04. The van der Waals surface area contributed by atoms with Crippen molar-refractivity contribution >= 4 is 11.6 Å². The van der Waals surface area contributed by atoms with Crippen LogP contribution < -0.4 is 19.6 Å². The zero-order chi connectivity index (χ0) is 16.9. The molecule has 3 rings (SSSR count). The van der Waals surface area contributed by atoms with E-state index in [1.807, 2.05) is 24.3 Å². The van der Waals surface area contributed by atoms with Crippen molar-refractivity contribution in [2.75, 3.05) is 20.8 Å². The van der Waals surface area contributed by atoms with Gasteiger partial charge in [-0.15, -0.1) is 0 Å². The first-order valence-corrected chi connectivity index (χ1v) is 7.54. The fraction of sp³-hybridized carbons (Fsp3) is 0.222. The highest BCUT2D eigenvalue weighted by molar-refractivity contribution is 6.05. The Labute approximate surface area is 140 Å². The molecular weight excluding hydrogens is 308 g/mol. The minimum absolute atomic E-state index is 0.313. The molecule has 0 saturated carbocycles. The van der Waals surface area contributed by atoms with E-state index in [0.29, 0.717) is 30.1 Å². The molecule has 0 radical (unpaired) electrons. The number of benzene rings is 2. The molecule has 0 bridgehead atoms. The number of amides is 1. The average Bonchev–Trinajstić information content (AvgIpc) is 2.65. The van der Waals surface area contributed by atoms with Gasteiger partial charge >= 0.3 is 0 Å². The molecule has 0 atom stereocenters. The predicted molar refractivity (Wildman–Crippen MR) is 90.1 cm³/mol. The second-order valence-electron chi connectivity index (χ2n) is 5.16. The van der Waals surface area contributed by atoms with Gasteiger partial charge in [0, 0.05) is 17.5 Å². The number of nitrogens with one attached hydrogen (secondary N) is 1. The Morgan fingerprint density at radius 2 is 1.92 bits per heavy atom. The normalized spacial score (nSPS) is 14.5. The van der Waals surface area contributed by atoms with Crippen LogP contribution in [0.2, 0.25) is 0 Å². The fourth-order valence-corrected chi connectivity index (χ4v) is 2.50. The van der Waals surface area contributed by atoms with Crippen LogP contribution in [-0.4, -0.2) is 32.4 Å². The molecule has 0 unspecified atom stereocenters. The number of carbonyl (C=O) groups excluding carboxylic acids is 1. The van der Waals surface area contributed by atoms with Crippen LogP contribution in [0.5, 0.6) is 17.2 Å². The summed E-state index contributed by atoms with van der Waals surface area (Å²) >= 11 is 0. The number of hydrogen-bond donors (Lipinski definition) is 1. The van der Waals surface area contributed by atoms with Crippen molar-refractivity contribution in [2.24, 2.45) is 5.10 Å². The van der Waals surface area contributed by atoms with E-state index in [0.717, 1.165) is 17.0 Å². The van der Waals surface area contributed by atoms with Gasteiger partial charge in [0.15, 0.2) is 11.5 Å². The maximum Gasteiger partial charge on any atom is 0.271 e. The van der Waals surface area contributed by atoms with E-state index in [2.05, 4.69) is 10.5 Å². The average molecular weight is 326 g/mol. The van der Waals surface area contributed by atoms with E-state index in [1.54, 1.807) is 25.3 Å². The third-order valence-electron chi connectivity index (χ3n) is 3.73. The molecule has 6 heteroatoms. The van der Waals surface area contributed by atoms with Gasteiger partial charge in [0.2, 0.25) is 0 Å². The SMILES string of the molecule is COc1ccc(C(=O)N/N=C2/CCOc3ccccc32)cc1OC. The van der Waals surface area contributed by atoms with Gasteiger partial charge in [-0.1, -0.05) is 12.1 Å². The Kier molecular flexibility index (Phi) is 4.65. The summed E-state index contributed by atoms with van der Waals surface area (Å²) in [6, 6.07) is 12.6. The number of para-hydroxylation sites is 1. The quantitative estimate of drug-likeness (QED) is 0.877. The first-order chi connectivity index (χ1) is 11.7. The lowest BCUT2D eigenvalue weighted by molar-refractivity contribution is 0.0954. The van der Waals surface area contributed by atoms with Gasteiger partial charge in [0.25, 0.3) is 5.91 Å². The number of nitrogens with zero attached hydrogens (tertiary/aromatic N) is 1. The van der Waals surface area contributed by atoms with E-state index in [4.69, 9.17) is 14.2 Å². The number of ether oxygens (including phenoxy) is 3. The zero-order valence-electron chi connectivity index (χ0n) is 13.5. The van der Waals surface area contributed by atoms with E-state index < -0.39 is 0 Å². The summed E-state index contributed by atoms with van der Waals surface area (Å²) in [4.78, 5) is 12.3. The molecule has 24 heavy (non-hydrogen) atoms. The van der Waals surface area contributed by atoms with E-state index >= 15 is 0 Å². The van der Waals surface area contributed by atoms with Crippen molar-refractivity contribution in [3.63, 3.8) is 0 Å². The van der Waals surface area contributed by atoms with Crippen LogP contribution in [-0.2, 0) is 0 Å². The van der Waals surface area contributed by atoms with Crippen molar-refractivity contribution in [2.45, 2.75) is 6.42 Å². The molecule has 0 saturated heterocycles. The molecule has 1 N–H and O–H groups in total. The number of carbonyl (C=O) groups is 1. The maximum absolute atomic E-state index is 12.3. The topological polar surface area (TPSA) is 69.2 Å². The third-order valence-corrected chi connectivity index (χ3v) is 3.73. The molecule has 1 amide bonds. The van der Waals surface area contributed by atoms with Gasteiger partial charge in [-0.05, 0) is 30.3 Å². The summed E-state index contributed by atoms with van der Waals surface area (Å²) in [6.45, 7) is 0.544. The van der Waals surface area contributed by atoms with Crippen molar-refractivity contribution in [1.82, 2.24) is 5.43 Å². The first kappa shape index (κ1) is 15.9. The summed E-state index contributed by atoms with van der Waals surface area (Å²) in [5.74, 6) is 1.53. The molecule has 0 spiro atoms. The molecule has 0 aliphatic carbocycles. The van der Waals surface area contributed by atoms with E-state index in [9.17, 15) is 4.79 Å². The summed E-state index contributed by atoms with van der Waals surface area (Å²) in [7, 11) is 3.07. The Morgan fingerprint density at radius 1 is 1.12 bits per heavy atom. The Bertz CT molecular complexity index is 786. The molecule has 6 nitrogen and oxygen atoms in total. The third kappa shape index (κ3) is 3.17. The summed E-state index contributed by atoms with van der Waals surface area (Å²) in [5, 5.41) is 4.26. The first-order valence-electron chi connectivity index (χ1n) is 7.54. The minimum Gasteiger partial charge on any atom is -0.493 e. The van der Waals surface area contributed by atoms with Gasteiger partial charge < -0.3 is 14.2 Å². The molecule has 2 aromatic carbocycles. The number of fused-ring (bicyclic) bond motifs is 1. The van der Waals surface area contributed by atoms with Crippen molar-refractivity contribution < 1.29 is 19.0 Å². The highest BCUT2D eigenvalue weighted by Gasteiger charge is 2.17. The lowest BCUT2D eigenvalue weighted by Gasteiger charge is -2.18. The van der Waals surface area contributed by atoms with E-state index in [-0.39, 0.29) is 5.91 Å². The van der Waals surface area contributed by atoms with E-state index in [1.165, 1.54) is 7.11 Å². The van der Waals surface area contributed by atoms with Gasteiger partial charge in [0.05, 0.1) is 26.5 Å². The number of methoxy groups -OCH3 is 2. The van der Waals surface area contributed by atoms with Crippen molar-refractivity contribution in [3.05, 3.63) is 53.6 Å². The standard InChI is InChI=1S/C18H18N2O4/c1-22-16-8-7-12(11-17(16)23-2)18(21)20-19-14-9-10-24-15-6-4-3-5-13(14)15/h3-8,11H,9-10H2,1-2H3,(H,20,21)/b19-14-. The molecule has 1 heterocycles. The van der Waals surface area contributed by atoms with Crippen LogP contribution >= 0.6 is 0 Å². The van der Waals surface area contributed by atoms with Crippen LogP contribution in [0.3, 0.4) is 0 Å². The molecular formula is C18H18N2O4. The van der Waals surface area contributed by atoms with Crippen LogP contribution in [0.25, 0.3) is 0 Å². The van der Waals surface area contributed by atoms with Gasteiger partial charge in [-0.3, -0.25) is 4.79 Å². The zero-order valence-corrected chi connectivity index (χ0v) is 13.5. The maximum atomic E-state index is 12.3. The minimum atomic E-state index is -0.313. The predicted octanol–water partition coefficient (Wildman–Crippen LogP) is 2.62. The molecule has 2 aromatic rings. The highest BCUT2D eigenvalue weighted by Crippen LogP contribution is 2.27. The fourth-order valence-electron chi connectivity index (χ4n) is 2.50. The largest absolute Gasteiger partial charge is 0.493 e. The number of hydrogen-bond acceptors (Lipinski definition) is 5. The summed E-state index contributed by atoms with van der Waals surface area (Å²) in [5.41, 5.74) is 4.73. The highest BCUT2D eigenvalue weighted by atomic mass is 16.5. The van der Waals surface area contributed by atoms with Crippen LogP contribution in [0.4, 0.5) is 0 Å². The number of hydrazone groups is 1. The van der Waals surface area contributed by atoms with Gasteiger partial charge in [-0.25, -0.2) is 5.43 Å². The molecule has 124 valence electrons. The molecule has 0 fully saturated rings. The van der Waals surface area contributed by atoms with Crippen LogP contribution in [0.1, 0.15) is 22.3 Å². The summed E-state index contributed by atoms with van der Waals surface area (Å²) in [6.07, 6.45) is 0.642.